The van der Waals surface area contributed by atoms with Gasteiger partial charge in [-0.05, 0) is 31.0 Å². The highest BCUT2D eigenvalue weighted by Crippen LogP contribution is 2.31. The number of anilines is 1. The summed E-state index contributed by atoms with van der Waals surface area (Å²) >= 11 is 0. The van der Waals surface area contributed by atoms with Crippen LogP contribution in [0.25, 0.3) is 0 Å². The molecule has 1 aliphatic heterocycles. The van der Waals surface area contributed by atoms with E-state index in [0.717, 1.165) is 25.7 Å². The van der Waals surface area contributed by atoms with E-state index in [1.54, 1.807) is 6.07 Å². The lowest BCUT2D eigenvalue weighted by molar-refractivity contribution is -0.127. The monoisotopic (exact) mass is 416 g/mol. The van der Waals surface area contributed by atoms with Crippen molar-refractivity contribution in [3.05, 3.63) is 24.3 Å². The standard InChI is InChI=1S/C17H24N4O4S.ClH/c18-11-17(6-1-2-7-17)20-16(23)12-8-15(22)21(10-12)13-4-3-5-14(9-13)26(19,24)25;/h3-5,9,12H,1-2,6-8,10-11,18H2,(H,20,23)(H2,19,24,25);1H. The lowest BCUT2D eigenvalue weighted by atomic mass is 9.96. The fourth-order valence-corrected chi connectivity index (χ4v) is 4.31. The first-order valence-electron chi connectivity index (χ1n) is 8.69. The molecule has 2 amide bonds. The van der Waals surface area contributed by atoms with Crippen molar-refractivity contribution in [1.82, 2.24) is 5.32 Å². The number of halogens is 1. The summed E-state index contributed by atoms with van der Waals surface area (Å²) < 4.78 is 23.0. The predicted molar refractivity (Wildman–Crippen MR) is 104 cm³/mol. The Morgan fingerprint density at radius 3 is 2.56 bits per heavy atom. The highest BCUT2D eigenvalue weighted by molar-refractivity contribution is 7.89. The summed E-state index contributed by atoms with van der Waals surface area (Å²) in [6, 6.07) is 5.88. The Bertz CT molecular complexity index is 824. The molecule has 0 spiro atoms. The van der Waals surface area contributed by atoms with Gasteiger partial charge in [-0.3, -0.25) is 9.59 Å². The average Bonchev–Trinajstić information content (AvgIpc) is 3.21. The highest BCUT2D eigenvalue weighted by Gasteiger charge is 2.40. The zero-order chi connectivity index (χ0) is 18.9. The Labute approximate surface area is 165 Å². The van der Waals surface area contributed by atoms with Crippen molar-refractivity contribution < 1.29 is 18.0 Å². The Kier molecular flexibility index (Phi) is 6.51. The molecular formula is C17H25ClN4O4S. The van der Waals surface area contributed by atoms with Crippen LogP contribution in [0.15, 0.2) is 29.2 Å². The molecular weight excluding hydrogens is 392 g/mol. The summed E-state index contributed by atoms with van der Waals surface area (Å²) in [6.07, 6.45) is 3.87. The summed E-state index contributed by atoms with van der Waals surface area (Å²) in [5, 5.41) is 8.20. The molecule has 1 heterocycles. The lowest BCUT2D eigenvalue weighted by Gasteiger charge is -2.30. The first-order valence-corrected chi connectivity index (χ1v) is 10.2. The number of amides is 2. The number of nitrogens with one attached hydrogen (secondary N) is 1. The minimum absolute atomic E-state index is 0. The van der Waals surface area contributed by atoms with E-state index in [9.17, 15) is 18.0 Å². The van der Waals surface area contributed by atoms with Crippen LogP contribution in [-0.4, -0.2) is 38.9 Å². The maximum atomic E-state index is 12.7. The van der Waals surface area contributed by atoms with Crippen LogP contribution in [0, 0.1) is 5.92 Å². The van der Waals surface area contributed by atoms with Crippen molar-refractivity contribution in [2.45, 2.75) is 42.5 Å². The number of nitrogens with zero attached hydrogens (tertiary/aromatic N) is 1. The van der Waals surface area contributed by atoms with Crippen LogP contribution in [0.2, 0.25) is 0 Å². The number of primary sulfonamides is 1. The average molecular weight is 417 g/mol. The van der Waals surface area contributed by atoms with Gasteiger partial charge >= 0.3 is 0 Å². The fraction of sp³-hybridized carbons (Fsp3) is 0.529. The number of nitrogens with two attached hydrogens (primary N) is 2. The second-order valence-electron chi connectivity index (χ2n) is 7.13. The van der Waals surface area contributed by atoms with E-state index >= 15 is 0 Å². The Balaban J connectivity index is 0.00000261. The minimum Gasteiger partial charge on any atom is -0.349 e. The maximum absolute atomic E-state index is 12.7. The number of hydrogen-bond acceptors (Lipinski definition) is 5. The SMILES string of the molecule is Cl.NCC1(NC(=O)C2CC(=O)N(c3cccc(S(N)(=O)=O)c3)C2)CCCC1. The third-order valence-electron chi connectivity index (χ3n) is 5.29. The van der Waals surface area contributed by atoms with Gasteiger partial charge in [0.05, 0.1) is 16.4 Å². The van der Waals surface area contributed by atoms with Gasteiger partial charge in [0.15, 0.2) is 0 Å². The number of rotatable bonds is 5. The molecule has 1 aromatic carbocycles. The van der Waals surface area contributed by atoms with Crippen molar-refractivity contribution in [3.8, 4) is 0 Å². The van der Waals surface area contributed by atoms with Crippen molar-refractivity contribution in [1.29, 1.82) is 0 Å². The third kappa shape index (κ3) is 4.60. The summed E-state index contributed by atoms with van der Waals surface area (Å²) in [6.45, 7) is 0.596. The smallest absolute Gasteiger partial charge is 0.238 e. The minimum atomic E-state index is -3.86. The molecule has 1 saturated carbocycles. The van der Waals surface area contributed by atoms with E-state index in [0.29, 0.717) is 12.2 Å². The molecule has 5 N–H and O–H groups in total. The molecule has 0 bridgehead atoms. The number of carbonyl (C=O) groups excluding carboxylic acids is 2. The van der Waals surface area contributed by atoms with Crippen LogP contribution < -0.4 is 21.1 Å². The largest absolute Gasteiger partial charge is 0.349 e. The van der Waals surface area contributed by atoms with E-state index in [2.05, 4.69) is 5.32 Å². The molecule has 0 radical (unpaired) electrons. The first-order chi connectivity index (χ1) is 12.2. The molecule has 2 aliphatic rings. The van der Waals surface area contributed by atoms with E-state index in [-0.39, 0.29) is 47.6 Å². The molecule has 1 aromatic rings. The van der Waals surface area contributed by atoms with E-state index in [4.69, 9.17) is 10.9 Å². The molecule has 1 saturated heterocycles. The lowest BCUT2D eigenvalue weighted by Crippen LogP contribution is -2.53. The molecule has 27 heavy (non-hydrogen) atoms. The molecule has 150 valence electrons. The van der Waals surface area contributed by atoms with Gasteiger partial charge < -0.3 is 16.0 Å². The Hall–Kier alpha value is -1.68. The quantitative estimate of drug-likeness (QED) is 0.642. The van der Waals surface area contributed by atoms with Gasteiger partial charge in [0, 0.05) is 25.2 Å². The van der Waals surface area contributed by atoms with E-state index < -0.39 is 15.9 Å². The van der Waals surface area contributed by atoms with Gasteiger partial charge in [-0.1, -0.05) is 18.9 Å². The predicted octanol–water partition coefficient (Wildman–Crippen LogP) is 0.496. The third-order valence-corrected chi connectivity index (χ3v) is 6.20. The van der Waals surface area contributed by atoms with Crippen molar-refractivity contribution in [2.75, 3.05) is 18.0 Å². The number of benzene rings is 1. The molecule has 3 rings (SSSR count). The van der Waals surface area contributed by atoms with Crippen LogP contribution in [0.4, 0.5) is 5.69 Å². The molecule has 1 aliphatic carbocycles. The topological polar surface area (TPSA) is 136 Å². The summed E-state index contributed by atoms with van der Waals surface area (Å²) in [5.41, 5.74) is 5.92. The normalized spacial score (nSPS) is 21.8. The number of sulfonamides is 1. The Morgan fingerprint density at radius 1 is 1.30 bits per heavy atom. The van der Waals surface area contributed by atoms with Crippen LogP contribution in [0.5, 0.6) is 0 Å². The van der Waals surface area contributed by atoms with Crippen molar-refractivity contribution in [3.63, 3.8) is 0 Å². The second-order valence-corrected chi connectivity index (χ2v) is 8.69. The van der Waals surface area contributed by atoms with Gasteiger partial charge in [0.1, 0.15) is 0 Å². The zero-order valence-corrected chi connectivity index (χ0v) is 16.5. The second kappa shape index (κ2) is 8.14. The molecule has 8 nitrogen and oxygen atoms in total. The highest BCUT2D eigenvalue weighted by atomic mass is 35.5. The molecule has 10 heteroatoms. The van der Waals surface area contributed by atoms with Gasteiger partial charge in [0.25, 0.3) is 0 Å². The fourth-order valence-electron chi connectivity index (χ4n) is 3.76. The van der Waals surface area contributed by atoms with E-state index in [1.165, 1.54) is 23.1 Å². The zero-order valence-electron chi connectivity index (χ0n) is 14.9. The number of hydrogen-bond donors (Lipinski definition) is 3. The molecule has 1 unspecified atom stereocenters. The molecule has 0 aromatic heterocycles. The van der Waals surface area contributed by atoms with Gasteiger partial charge in [-0.15, -0.1) is 12.4 Å². The Morgan fingerprint density at radius 2 is 1.96 bits per heavy atom. The molecule has 2 fully saturated rings. The summed E-state index contributed by atoms with van der Waals surface area (Å²) in [4.78, 5) is 26.4. The van der Waals surface area contributed by atoms with Gasteiger partial charge in [-0.2, -0.15) is 0 Å². The first kappa shape index (κ1) is 21.6. The summed E-state index contributed by atoms with van der Waals surface area (Å²) in [7, 11) is -3.86. The van der Waals surface area contributed by atoms with Crippen LogP contribution in [0.1, 0.15) is 32.1 Å². The van der Waals surface area contributed by atoms with E-state index in [1.807, 2.05) is 0 Å². The van der Waals surface area contributed by atoms with Crippen LogP contribution in [-0.2, 0) is 19.6 Å². The molecule has 1 atom stereocenters. The maximum Gasteiger partial charge on any atom is 0.238 e. The van der Waals surface area contributed by atoms with Crippen molar-refractivity contribution in [2.24, 2.45) is 16.8 Å². The van der Waals surface area contributed by atoms with Crippen LogP contribution in [0.3, 0.4) is 0 Å². The van der Waals surface area contributed by atoms with Crippen LogP contribution >= 0.6 is 12.4 Å². The summed E-state index contributed by atoms with van der Waals surface area (Å²) in [5.74, 6) is -0.870. The van der Waals surface area contributed by atoms with Gasteiger partial charge in [0.2, 0.25) is 21.8 Å². The number of carbonyl (C=O) groups is 2. The van der Waals surface area contributed by atoms with Gasteiger partial charge in [-0.25, -0.2) is 13.6 Å². The van der Waals surface area contributed by atoms with Crippen molar-refractivity contribution >= 4 is 39.9 Å².